The van der Waals surface area contributed by atoms with Gasteiger partial charge in [0, 0.05) is 43.4 Å². The summed E-state index contributed by atoms with van der Waals surface area (Å²) >= 11 is 0. The Hall–Kier alpha value is -7.04. The number of carboxylic acid groups (broad SMARTS) is 2. The van der Waals surface area contributed by atoms with Gasteiger partial charge in [-0.05, 0) is 34.6 Å². The van der Waals surface area contributed by atoms with Crippen LogP contribution in [0.5, 0.6) is 0 Å². The minimum Gasteiger partial charge on any atom is -0.481 e. The van der Waals surface area contributed by atoms with E-state index in [1.54, 1.807) is 88.5 Å². The molecule has 8 N–H and O–H groups in total. The number of aromatic amines is 1. The molecule has 342 valence electrons. The molecule has 4 rings (SSSR count). The average molecular weight is 882 g/mol. The highest BCUT2D eigenvalue weighted by Crippen LogP contribution is 2.20. The van der Waals surface area contributed by atoms with E-state index in [2.05, 4.69) is 31.6 Å². The number of carbonyl (C=O) groups excluding carboxylic acids is 6. The van der Waals surface area contributed by atoms with Gasteiger partial charge in [0.05, 0.1) is 13.0 Å². The predicted molar refractivity (Wildman–Crippen MR) is 238 cm³/mol. The third-order valence-electron chi connectivity index (χ3n) is 11.2. The quantitative estimate of drug-likeness (QED) is 0.0511. The van der Waals surface area contributed by atoms with Crippen LogP contribution in [0.1, 0.15) is 70.6 Å². The summed E-state index contributed by atoms with van der Waals surface area (Å²) in [5.74, 6) is -8.27. The van der Waals surface area contributed by atoms with Gasteiger partial charge in [-0.15, -0.1) is 0 Å². The Morgan fingerprint density at radius 3 is 1.73 bits per heavy atom. The number of aromatic nitrogens is 1. The molecule has 0 saturated carbocycles. The SMILES string of the molecule is CC[C@@H](C)[C@H](NC(=O)[C@H](CC(=O)O)NC(=O)CN(Cc1ccccc1)C(=O)[C@@H](Cc1ccccc1)NC(C)=O)C(=O)N[C@H](C(=O)N[C@@H](Cc1c[nH]c2ccccc12)C(=O)O)[C@H](C)CC. The van der Waals surface area contributed by atoms with Gasteiger partial charge in [-0.3, -0.25) is 33.6 Å². The third-order valence-corrected chi connectivity index (χ3v) is 11.2. The number of amides is 6. The molecule has 64 heavy (non-hydrogen) atoms. The van der Waals surface area contributed by atoms with E-state index >= 15 is 0 Å². The smallest absolute Gasteiger partial charge is 0.326 e. The standard InChI is InChI=1S/C47H59N7O10/c1-6-28(3)41(44(60)51-38(47(63)64)23-33-25-48-35-21-15-14-20-34(33)35)53-45(61)42(29(4)7-2)52-43(59)36(24-40(57)58)50-39(56)27-54(26-32-18-12-9-13-19-32)46(62)37(49-30(5)55)22-31-16-10-8-11-17-31/h8-21,25,28-29,36-38,41-42,48H,6-7,22-24,26-27H2,1-5H3,(H,49,55)(H,50,56)(H,51,60)(H,52,59)(H,53,61)(H,57,58)(H,63,64)/t28-,29-,36+,37-,38+,41+,42+/m1/s1. The molecule has 4 aromatic rings. The number of carboxylic acids is 2. The van der Waals surface area contributed by atoms with Crippen molar-refractivity contribution in [2.75, 3.05) is 6.54 Å². The maximum absolute atomic E-state index is 14.1. The molecule has 0 aliphatic carbocycles. The molecule has 1 aromatic heterocycles. The third kappa shape index (κ3) is 14.5. The molecule has 17 heteroatoms. The van der Waals surface area contributed by atoms with Crippen LogP contribution in [-0.4, -0.2) is 104 Å². The maximum Gasteiger partial charge on any atom is 0.326 e. The van der Waals surface area contributed by atoms with Gasteiger partial charge < -0.3 is 46.7 Å². The lowest BCUT2D eigenvalue weighted by Crippen LogP contribution is -2.61. The van der Waals surface area contributed by atoms with Gasteiger partial charge >= 0.3 is 11.9 Å². The van der Waals surface area contributed by atoms with Crippen LogP contribution in [0.2, 0.25) is 0 Å². The van der Waals surface area contributed by atoms with Crippen molar-refractivity contribution in [3.05, 3.63) is 108 Å². The summed E-state index contributed by atoms with van der Waals surface area (Å²) < 4.78 is 0. The van der Waals surface area contributed by atoms with Crippen LogP contribution < -0.4 is 26.6 Å². The minimum absolute atomic E-state index is 0.0454. The number of hydrogen-bond donors (Lipinski definition) is 8. The molecule has 0 aliphatic rings. The second-order valence-electron chi connectivity index (χ2n) is 16.0. The molecule has 0 saturated heterocycles. The highest BCUT2D eigenvalue weighted by atomic mass is 16.4. The molecule has 17 nitrogen and oxygen atoms in total. The molecule has 3 aromatic carbocycles. The van der Waals surface area contributed by atoms with Gasteiger partial charge in [0.25, 0.3) is 0 Å². The number of hydrogen-bond acceptors (Lipinski definition) is 8. The first-order valence-electron chi connectivity index (χ1n) is 21.3. The number of fused-ring (bicyclic) bond motifs is 1. The summed E-state index contributed by atoms with van der Waals surface area (Å²) in [5, 5.41) is 33.7. The molecule has 0 spiro atoms. The molecule has 0 aliphatic heterocycles. The highest BCUT2D eigenvalue weighted by molar-refractivity contribution is 5.97. The van der Waals surface area contributed by atoms with Gasteiger partial charge in [-0.1, -0.05) is 119 Å². The van der Waals surface area contributed by atoms with Gasteiger partial charge in [0.1, 0.15) is 30.2 Å². The van der Waals surface area contributed by atoms with Crippen molar-refractivity contribution in [3.8, 4) is 0 Å². The molecule has 0 unspecified atom stereocenters. The number of rotatable bonds is 24. The Balaban J connectivity index is 1.52. The Morgan fingerprint density at radius 2 is 1.17 bits per heavy atom. The van der Waals surface area contributed by atoms with Crippen LogP contribution in [0.15, 0.2) is 91.1 Å². The summed E-state index contributed by atoms with van der Waals surface area (Å²) in [4.78, 5) is 111. The van der Waals surface area contributed by atoms with E-state index in [1.165, 1.54) is 11.8 Å². The summed E-state index contributed by atoms with van der Waals surface area (Å²) in [6.07, 6.45) is 1.63. The van der Waals surface area contributed by atoms with Gasteiger partial charge in [-0.2, -0.15) is 0 Å². The fourth-order valence-electron chi connectivity index (χ4n) is 7.21. The van der Waals surface area contributed by atoms with Crippen molar-refractivity contribution in [1.29, 1.82) is 0 Å². The van der Waals surface area contributed by atoms with Gasteiger partial charge in [0.2, 0.25) is 35.4 Å². The zero-order chi connectivity index (χ0) is 46.9. The Kier molecular flexibility index (Phi) is 18.6. The van der Waals surface area contributed by atoms with Crippen molar-refractivity contribution in [3.63, 3.8) is 0 Å². The van der Waals surface area contributed by atoms with E-state index in [0.717, 1.165) is 16.5 Å². The van der Waals surface area contributed by atoms with E-state index in [9.17, 15) is 48.6 Å². The Bertz CT molecular complexity index is 2250. The van der Waals surface area contributed by atoms with Crippen molar-refractivity contribution in [1.82, 2.24) is 36.5 Å². The van der Waals surface area contributed by atoms with Crippen molar-refractivity contribution in [2.24, 2.45) is 11.8 Å². The first-order valence-corrected chi connectivity index (χ1v) is 21.3. The lowest BCUT2D eigenvalue weighted by Gasteiger charge is -2.31. The van der Waals surface area contributed by atoms with Crippen molar-refractivity contribution < 1.29 is 48.6 Å². The van der Waals surface area contributed by atoms with Crippen LogP contribution in [0.4, 0.5) is 0 Å². The maximum atomic E-state index is 14.1. The van der Waals surface area contributed by atoms with Crippen molar-refractivity contribution >= 4 is 58.3 Å². The Morgan fingerprint density at radius 1 is 0.625 bits per heavy atom. The van der Waals surface area contributed by atoms with Crippen LogP contribution in [-0.2, 0) is 57.7 Å². The predicted octanol–water partition coefficient (Wildman–Crippen LogP) is 3.08. The van der Waals surface area contributed by atoms with E-state index in [4.69, 9.17) is 0 Å². The number of para-hydroxylation sites is 1. The average Bonchev–Trinajstić information content (AvgIpc) is 3.68. The first kappa shape index (κ1) is 49.6. The van der Waals surface area contributed by atoms with E-state index in [1.807, 2.05) is 30.3 Å². The fourth-order valence-corrected chi connectivity index (χ4v) is 7.21. The first-order chi connectivity index (χ1) is 30.5. The molecule has 1 heterocycles. The summed E-state index contributed by atoms with van der Waals surface area (Å²) in [6, 6.07) is 18.4. The zero-order valence-corrected chi connectivity index (χ0v) is 36.8. The zero-order valence-electron chi connectivity index (χ0n) is 36.8. The Labute approximate surface area is 372 Å². The van der Waals surface area contributed by atoms with Crippen LogP contribution in [0, 0.1) is 11.8 Å². The molecule has 0 bridgehead atoms. The van der Waals surface area contributed by atoms with Gasteiger partial charge in [0.15, 0.2) is 0 Å². The van der Waals surface area contributed by atoms with Gasteiger partial charge in [-0.25, -0.2) is 4.79 Å². The molecule has 0 fully saturated rings. The number of H-pyrrole nitrogens is 1. The number of nitrogens with one attached hydrogen (secondary N) is 6. The summed E-state index contributed by atoms with van der Waals surface area (Å²) in [6.45, 7) is 7.51. The monoisotopic (exact) mass is 881 g/mol. The fraction of sp³-hybridized carbons (Fsp3) is 0.404. The van der Waals surface area contributed by atoms with E-state index in [0.29, 0.717) is 24.0 Å². The minimum atomic E-state index is -1.71. The normalized spacial score (nSPS) is 14.3. The summed E-state index contributed by atoms with van der Waals surface area (Å²) in [7, 11) is 0. The molecular weight excluding hydrogens is 823 g/mol. The summed E-state index contributed by atoms with van der Waals surface area (Å²) in [5.41, 5.74) is 2.87. The topological polar surface area (TPSA) is 256 Å². The lowest BCUT2D eigenvalue weighted by atomic mass is 9.94. The van der Waals surface area contributed by atoms with E-state index < -0.39 is 102 Å². The largest absolute Gasteiger partial charge is 0.481 e. The molecular formula is C47H59N7O10. The molecule has 0 radical (unpaired) electrons. The van der Waals surface area contributed by atoms with Crippen molar-refractivity contribution in [2.45, 2.75) is 103 Å². The van der Waals surface area contributed by atoms with Crippen LogP contribution in [0.3, 0.4) is 0 Å². The second-order valence-corrected chi connectivity index (χ2v) is 16.0. The van der Waals surface area contributed by atoms with Crippen LogP contribution in [0.25, 0.3) is 10.9 Å². The number of nitrogens with zero attached hydrogens (tertiary/aromatic N) is 1. The number of benzene rings is 3. The molecule has 7 atom stereocenters. The van der Waals surface area contributed by atoms with E-state index in [-0.39, 0.29) is 19.4 Å². The highest BCUT2D eigenvalue weighted by Gasteiger charge is 2.36. The number of carbonyl (C=O) groups is 8. The van der Waals surface area contributed by atoms with Crippen LogP contribution >= 0.6 is 0 Å². The lowest BCUT2D eigenvalue weighted by molar-refractivity contribution is -0.143. The number of aliphatic carboxylic acids is 2. The molecule has 6 amide bonds. The second kappa shape index (κ2) is 24.0.